The van der Waals surface area contributed by atoms with Crippen molar-refractivity contribution in [3.05, 3.63) is 83.2 Å². The van der Waals surface area contributed by atoms with Gasteiger partial charge < -0.3 is 10.1 Å². The predicted molar refractivity (Wildman–Crippen MR) is 91.1 cm³/mol. The molecule has 3 aromatic rings. The molecule has 0 radical (unpaired) electrons. The maximum absolute atomic E-state index is 5.86. The van der Waals surface area contributed by atoms with Crippen molar-refractivity contribution >= 4 is 0 Å². The highest BCUT2D eigenvalue weighted by Gasteiger charge is 2.04. The Bertz CT molecular complexity index is 737. The summed E-state index contributed by atoms with van der Waals surface area (Å²) in [5.74, 6) is 0.893. The fourth-order valence-corrected chi connectivity index (χ4v) is 2.43. The molecule has 1 heterocycles. The van der Waals surface area contributed by atoms with Gasteiger partial charge in [-0.05, 0) is 30.2 Å². The smallest absolute Gasteiger partial charge is 0.119 e. The van der Waals surface area contributed by atoms with E-state index in [1.165, 1.54) is 16.7 Å². The third kappa shape index (κ3) is 4.20. The van der Waals surface area contributed by atoms with Gasteiger partial charge in [-0.25, -0.2) is 0 Å². The Labute approximate surface area is 136 Å². The van der Waals surface area contributed by atoms with Crippen molar-refractivity contribution in [3.63, 3.8) is 0 Å². The number of hydrogen-bond acceptors (Lipinski definition) is 3. The van der Waals surface area contributed by atoms with Gasteiger partial charge in [0.25, 0.3) is 0 Å². The number of nitrogens with zero attached hydrogens (tertiary/aromatic N) is 1. The summed E-state index contributed by atoms with van der Waals surface area (Å²) >= 11 is 0. The molecule has 0 bridgehead atoms. The second-order valence-electron chi connectivity index (χ2n) is 5.49. The minimum atomic E-state index is 0.576. The highest BCUT2D eigenvalue weighted by Crippen LogP contribution is 2.15. The summed E-state index contributed by atoms with van der Waals surface area (Å²) in [6, 6.07) is 18.3. The summed E-state index contributed by atoms with van der Waals surface area (Å²) in [5, 5.41) is 10.5. The minimum absolute atomic E-state index is 0.576. The lowest BCUT2D eigenvalue weighted by Crippen LogP contribution is -2.14. The van der Waals surface area contributed by atoms with E-state index in [1.807, 2.05) is 49.5 Å². The van der Waals surface area contributed by atoms with E-state index in [0.717, 1.165) is 24.5 Å². The first kappa shape index (κ1) is 15.3. The summed E-state index contributed by atoms with van der Waals surface area (Å²) < 4.78 is 5.86. The topological polar surface area (TPSA) is 49.9 Å². The molecule has 0 amide bonds. The van der Waals surface area contributed by atoms with Gasteiger partial charge in [0, 0.05) is 24.3 Å². The second-order valence-corrected chi connectivity index (χ2v) is 5.49. The van der Waals surface area contributed by atoms with E-state index in [0.29, 0.717) is 6.61 Å². The first-order chi connectivity index (χ1) is 11.3. The number of aromatic amines is 1. The van der Waals surface area contributed by atoms with Crippen LogP contribution in [0.3, 0.4) is 0 Å². The predicted octanol–water partition coefficient (Wildman–Crippen LogP) is 3.59. The summed E-state index contributed by atoms with van der Waals surface area (Å²) in [7, 11) is 0. The van der Waals surface area contributed by atoms with Crippen molar-refractivity contribution < 1.29 is 4.74 Å². The second kappa shape index (κ2) is 7.61. The molecule has 2 aromatic carbocycles. The van der Waals surface area contributed by atoms with Crippen molar-refractivity contribution in [2.45, 2.75) is 26.6 Å². The van der Waals surface area contributed by atoms with E-state index in [9.17, 15) is 0 Å². The molecule has 0 aliphatic heterocycles. The van der Waals surface area contributed by atoms with Crippen LogP contribution < -0.4 is 10.1 Å². The summed E-state index contributed by atoms with van der Waals surface area (Å²) in [6.07, 6.45) is 1.87. The van der Waals surface area contributed by atoms with Crippen LogP contribution in [0.1, 0.15) is 22.4 Å². The fourth-order valence-electron chi connectivity index (χ4n) is 2.43. The molecule has 2 N–H and O–H groups in total. The van der Waals surface area contributed by atoms with Crippen molar-refractivity contribution in [3.8, 4) is 5.75 Å². The maximum atomic E-state index is 5.86. The number of H-pyrrole nitrogens is 1. The third-order valence-corrected chi connectivity index (χ3v) is 3.82. The Hall–Kier alpha value is -2.59. The van der Waals surface area contributed by atoms with Crippen LogP contribution in [0.2, 0.25) is 0 Å². The zero-order valence-corrected chi connectivity index (χ0v) is 13.3. The quantitative estimate of drug-likeness (QED) is 0.701. The molecule has 0 aliphatic carbocycles. The standard InChI is InChI=1S/C19H21N3O/c1-15-18(13-21-22-15)12-20-11-16-7-5-6-8-17(16)14-23-19-9-3-2-4-10-19/h2-10,13,20H,11-12,14H2,1H3,(H,21,22). The molecule has 4 nitrogen and oxygen atoms in total. The fraction of sp³-hybridized carbons (Fsp3) is 0.211. The number of hydrogen-bond donors (Lipinski definition) is 2. The lowest BCUT2D eigenvalue weighted by molar-refractivity contribution is 0.304. The summed E-state index contributed by atoms with van der Waals surface area (Å²) in [4.78, 5) is 0. The highest BCUT2D eigenvalue weighted by molar-refractivity contribution is 5.28. The van der Waals surface area contributed by atoms with E-state index in [4.69, 9.17) is 4.74 Å². The van der Waals surface area contributed by atoms with Crippen LogP contribution in [0.15, 0.2) is 60.8 Å². The summed E-state index contributed by atoms with van der Waals surface area (Å²) in [5.41, 5.74) is 4.76. The molecule has 0 spiro atoms. The monoisotopic (exact) mass is 307 g/mol. The van der Waals surface area contributed by atoms with Gasteiger partial charge >= 0.3 is 0 Å². The number of ether oxygens (including phenoxy) is 1. The number of aryl methyl sites for hydroxylation is 1. The molecular weight excluding hydrogens is 286 g/mol. The van der Waals surface area contributed by atoms with Gasteiger partial charge in [-0.15, -0.1) is 0 Å². The van der Waals surface area contributed by atoms with E-state index in [-0.39, 0.29) is 0 Å². The van der Waals surface area contributed by atoms with Gasteiger partial charge in [-0.1, -0.05) is 42.5 Å². The molecule has 0 aliphatic rings. The van der Waals surface area contributed by atoms with Gasteiger partial charge in [0.2, 0.25) is 0 Å². The van der Waals surface area contributed by atoms with Gasteiger partial charge in [-0.3, -0.25) is 5.10 Å². The van der Waals surface area contributed by atoms with Crippen molar-refractivity contribution in [1.82, 2.24) is 15.5 Å². The number of para-hydroxylation sites is 1. The average molecular weight is 307 g/mol. The molecule has 1 aromatic heterocycles. The lowest BCUT2D eigenvalue weighted by atomic mass is 10.1. The third-order valence-electron chi connectivity index (χ3n) is 3.82. The number of benzene rings is 2. The van der Waals surface area contributed by atoms with Crippen LogP contribution in [-0.4, -0.2) is 10.2 Å². The molecule has 0 saturated heterocycles. The van der Waals surface area contributed by atoms with Crippen LogP contribution in [0.4, 0.5) is 0 Å². The zero-order chi connectivity index (χ0) is 15.9. The number of rotatable bonds is 7. The molecular formula is C19H21N3O. The molecule has 0 atom stereocenters. The SMILES string of the molecule is Cc1[nH]ncc1CNCc1ccccc1COc1ccccc1. The number of aromatic nitrogens is 2. The van der Waals surface area contributed by atoms with Crippen molar-refractivity contribution in [2.24, 2.45) is 0 Å². The Morgan fingerprint density at radius 1 is 0.913 bits per heavy atom. The minimum Gasteiger partial charge on any atom is -0.489 e. The largest absolute Gasteiger partial charge is 0.489 e. The van der Waals surface area contributed by atoms with Gasteiger partial charge in [0.1, 0.15) is 12.4 Å². The van der Waals surface area contributed by atoms with Crippen molar-refractivity contribution in [2.75, 3.05) is 0 Å². The van der Waals surface area contributed by atoms with Crippen LogP contribution in [0, 0.1) is 6.92 Å². The van der Waals surface area contributed by atoms with Crippen LogP contribution in [-0.2, 0) is 19.7 Å². The van der Waals surface area contributed by atoms with E-state index in [1.54, 1.807) is 0 Å². The Balaban J connectivity index is 1.58. The Kier molecular flexibility index (Phi) is 5.06. The maximum Gasteiger partial charge on any atom is 0.119 e. The van der Waals surface area contributed by atoms with E-state index < -0.39 is 0 Å². The van der Waals surface area contributed by atoms with E-state index in [2.05, 4.69) is 33.7 Å². The molecule has 0 saturated carbocycles. The Morgan fingerprint density at radius 3 is 2.35 bits per heavy atom. The highest BCUT2D eigenvalue weighted by atomic mass is 16.5. The number of nitrogens with one attached hydrogen (secondary N) is 2. The van der Waals surface area contributed by atoms with Crippen LogP contribution in [0.5, 0.6) is 5.75 Å². The van der Waals surface area contributed by atoms with Gasteiger partial charge in [0.15, 0.2) is 0 Å². The Morgan fingerprint density at radius 2 is 1.61 bits per heavy atom. The van der Waals surface area contributed by atoms with E-state index >= 15 is 0 Å². The van der Waals surface area contributed by atoms with Crippen LogP contribution >= 0.6 is 0 Å². The molecule has 0 unspecified atom stereocenters. The lowest BCUT2D eigenvalue weighted by Gasteiger charge is -2.12. The van der Waals surface area contributed by atoms with Gasteiger partial charge in [-0.2, -0.15) is 5.10 Å². The normalized spacial score (nSPS) is 10.7. The van der Waals surface area contributed by atoms with Crippen LogP contribution in [0.25, 0.3) is 0 Å². The molecule has 0 fully saturated rings. The van der Waals surface area contributed by atoms with Crippen molar-refractivity contribution in [1.29, 1.82) is 0 Å². The molecule has 23 heavy (non-hydrogen) atoms. The molecule has 118 valence electrons. The average Bonchev–Trinajstić information content (AvgIpc) is 3.00. The first-order valence-corrected chi connectivity index (χ1v) is 7.77. The zero-order valence-electron chi connectivity index (χ0n) is 13.3. The molecule has 4 heteroatoms. The molecule has 3 rings (SSSR count). The first-order valence-electron chi connectivity index (χ1n) is 7.77. The summed E-state index contributed by atoms with van der Waals surface area (Å²) in [6.45, 7) is 4.22. The van der Waals surface area contributed by atoms with Gasteiger partial charge in [0.05, 0.1) is 6.20 Å².